The number of pyridine rings is 1. The van der Waals surface area contributed by atoms with E-state index < -0.39 is 10.1 Å². The quantitative estimate of drug-likeness (QED) is 0.180. The molecule has 0 atom stereocenters. The number of hydrogen-bond donors (Lipinski definition) is 1. The van der Waals surface area contributed by atoms with Gasteiger partial charge in [-0.1, -0.05) is 48.0 Å². The monoisotopic (exact) mass is 531 g/mol. The van der Waals surface area contributed by atoms with Crippen molar-refractivity contribution in [1.29, 1.82) is 0 Å². The number of fused-ring (bicyclic) bond motifs is 1. The molecule has 0 unspecified atom stereocenters. The van der Waals surface area contributed by atoms with E-state index in [1.165, 1.54) is 34.2 Å². The van der Waals surface area contributed by atoms with Crippen molar-refractivity contribution in [2.75, 3.05) is 29.7 Å². The fourth-order valence-corrected chi connectivity index (χ4v) is 4.47. The molecule has 1 aromatic heterocycles. The van der Waals surface area contributed by atoms with Gasteiger partial charge in [0.05, 0.1) is 4.90 Å². The number of anilines is 1. The summed E-state index contributed by atoms with van der Waals surface area (Å²) in [5, 5.41) is 2.52. The van der Waals surface area contributed by atoms with Crippen LogP contribution in [-0.2, 0) is 16.7 Å². The van der Waals surface area contributed by atoms with Crippen LogP contribution < -0.4 is 9.47 Å². The summed E-state index contributed by atoms with van der Waals surface area (Å²) in [5.74, 6) is 1.21. The van der Waals surface area contributed by atoms with E-state index in [4.69, 9.17) is 27.8 Å². The van der Waals surface area contributed by atoms with Crippen molar-refractivity contribution >= 4 is 49.8 Å². The maximum Gasteiger partial charge on any atom is 0.294 e. The van der Waals surface area contributed by atoms with Crippen molar-refractivity contribution in [3.05, 3.63) is 102 Å². The van der Waals surface area contributed by atoms with Crippen LogP contribution in [0.1, 0.15) is 11.1 Å². The van der Waals surface area contributed by atoms with E-state index >= 15 is 0 Å². The van der Waals surface area contributed by atoms with Crippen LogP contribution in [0, 0.1) is 6.92 Å². The number of aryl methyl sites for hydroxylation is 1. The first kappa shape index (κ1) is 27.0. The van der Waals surface area contributed by atoms with Gasteiger partial charge in [0.2, 0.25) is 0 Å². The summed E-state index contributed by atoms with van der Waals surface area (Å²) in [6, 6.07) is 25.2. The first-order valence-electron chi connectivity index (χ1n) is 11.2. The van der Waals surface area contributed by atoms with Gasteiger partial charge in [0.25, 0.3) is 10.1 Å². The number of halogens is 2. The Morgan fingerprint density at radius 2 is 1.43 bits per heavy atom. The first-order valence-corrected chi connectivity index (χ1v) is 13.7. The second-order valence-electron chi connectivity index (χ2n) is 8.07. The zero-order chi connectivity index (χ0) is 25.3. The molecule has 0 saturated carbocycles. The number of aromatic nitrogens is 1. The summed E-state index contributed by atoms with van der Waals surface area (Å²) >= 11 is 11.8. The van der Waals surface area contributed by atoms with E-state index in [1.54, 1.807) is 12.1 Å². The molecule has 5 nitrogen and oxygen atoms in total. The molecule has 35 heavy (non-hydrogen) atoms. The summed E-state index contributed by atoms with van der Waals surface area (Å²) in [6.07, 6.45) is 4.32. The predicted octanol–water partition coefficient (Wildman–Crippen LogP) is 5.70. The van der Waals surface area contributed by atoms with Crippen molar-refractivity contribution in [2.45, 2.75) is 18.4 Å². The lowest BCUT2D eigenvalue weighted by Crippen LogP contribution is -2.33. The largest absolute Gasteiger partial charge is 0.369 e. The van der Waals surface area contributed by atoms with Gasteiger partial charge in [-0.3, -0.25) is 4.55 Å². The van der Waals surface area contributed by atoms with Gasteiger partial charge in [-0.25, -0.2) is 4.57 Å². The molecule has 0 aliphatic heterocycles. The average molecular weight is 533 g/mol. The summed E-state index contributed by atoms with van der Waals surface area (Å²) in [6.45, 7) is 4.32. The second-order valence-corrected chi connectivity index (χ2v) is 10.2. The molecule has 184 valence electrons. The number of benzene rings is 3. The van der Waals surface area contributed by atoms with Crippen LogP contribution in [0.3, 0.4) is 0 Å². The summed E-state index contributed by atoms with van der Waals surface area (Å²) in [4.78, 5) is 2.15. The number of rotatable bonds is 8. The summed E-state index contributed by atoms with van der Waals surface area (Å²) < 4.78 is 31.8. The minimum absolute atomic E-state index is 0.0666. The normalized spacial score (nSPS) is 11.1. The van der Waals surface area contributed by atoms with Gasteiger partial charge in [-0.15, -0.1) is 23.2 Å². The molecule has 0 bridgehead atoms. The van der Waals surface area contributed by atoms with E-state index in [1.807, 2.05) is 6.92 Å². The molecule has 0 aliphatic rings. The number of nitrogens with zero attached hydrogens (tertiary/aromatic N) is 2. The third kappa shape index (κ3) is 8.22. The van der Waals surface area contributed by atoms with Crippen LogP contribution in [0.15, 0.2) is 96.2 Å². The molecular weight excluding hydrogens is 503 g/mol. The van der Waals surface area contributed by atoms with E-state index in [0.29, 0.717) is 11.8 Å². The minimum Gasteiger partial charge on any atom is -0.369 e. The molecule has 0 aliphatic carbocycles. The molecule has 0 fully saturated rings. The summed E-state index contributed by atoms with van der Waals surface area (Å²) in [5.41, 5.74) is 3.40. The van der Waals surface area contributed by atoms with Crippen LogP contribution in [0.25, 0.3) is 10.8 Å². The zero-order valence-corrected chi connectivity index (χ0v) is 21.8. The lowest BCUT2D eigenvalue weighted by molar-refractivity contribution is -0.687. The molecular formula is C27H29Cl2N2O3S+. The minimum atomic E-state index is -4.02. The number of alkyl halides is 2. The molecule has 1 heterocycles. The lowest BCUT2D eigenvalue weighted by Gasteiger charge is -2.22. The van der Waals surface area contributed by atoms with E-state index in [-0.39, 0.29) is 4.90 Å². The van der Waals surface area contributed by atoms with Gasteiger partial charge >= 0.3 is 0 Å². The zero-order valence-electron chi connectivity index (χ0n) is 19.5. The number of hydrogen-bond acceptors (Lipinski definition) is 3. The molecule has 4 rings (SSSR count). The van der Waals surface area contributed by atoms with Crippen molar-refractivity contribution in [3.8, 4) is 0 Å². The third-order valence-corrected chi connectivity index (χ3v) is 6.65. The van der Waals surface area contributed by atoms with E-state index in [9.17, 15) is 8.42 Å². The molecule has 0 amide bonds. The topological polar surface area (TPSA) is 61.5 Å². The van der Waals surface area contributed by atoms with Crippen molar-refractivity contribution in [2.24, 2.45) is 0 Å². The predicted molar refractivity (Wildman–Crippen MR) is 144 cm³/mol. The second kappa shape index (κ2) is 12.9. The Labute approximate surface area is 217 Å². The maximum atomic E-state index is 10.5. The molecule has 0 radical (unpaired) electrons. The van der Waals surface area contributed by atoms with Gasteiger partial charge in [0.1, 0.15) is 0 Å². The molecule has 0 saturated heterocycles. The third-order valence-electron chi connectivity index (χ3n) is 5.44. The molecule has 3 aromatic carbocycles. The Bertz CT molecular complexity index is 1320. The Morgan fingerprint density at radius 1 is 0.829 bits per heavy atom. The van der Waals surface area contributed by atoms with E-state index in [2.05, 4.69) is 76.5 Å². The van der Waals surface area contributed by atoms with Crippen molar-refractivity contribution in [1.82, 2.24) is 0 Å². The highest BCUT2D eigenvalue weighted by Gasteiger charge is 2.08. The molecule has 0 spiro atoms. The highest BCUT2D eigenvalue weighted by Crippen LogP contribution is 2.16. The fourth-order valence-electron chi connectivity index (χ4n) is 3.58. The maximum absolute atomic E-state index is 10.5. The van der Waals surface area contributed by atoms with Crippen LogP contribution in [0.4, 0.5) is 5.69 Å². The first-order chi connectivity index (χ1) is 16.8. The van der Waals surface area contributed by atoms with Crippen LogP contribution in [-0.4, -0.2) is 37.8 Å². The lowest BCUT2D eigenvalue weighted by atomic mass is 10.1. The Balaban J connectivity index is 0.000000261. The smallest absolute Gasteiger partial charge is 0.294 e. The van der Waals surface area contributed by atoms with Gasteiger partial charge in [-0.2, -0.15) is 8.42 Å². The van der Waals surface area contributed by atoms with Crippen LogP contribution in [0.2, 0.25) is 0 Å². The van der Waals surface area contributed by atoms with Crippen molar-refractivity contribution < 1.29 is 17.5 Å². The highest BCUT2D eigenvalue weighted by atomic mass is 35.5. The standard InChI is InChI=1S/C20H21Cl2N2.C7H8O3S/c21-10-13-24(14-11-22)20-7-5-17(6-8-20)15-23-12-9-18-3-1-2-4-19(18)16-23;1-6-2-4-7(5-3-6)11(8,9)10/h1-9,12,16H,10-11,13-15H2;2-5H,1H3,(H,8,9,10)/q+1;. The van der Waals surface area contributed by atoms with E-state index in [0.717, 1.165) is 25.2 Å². The van der Waals surface area contributed by atoms with Crippen molar-refractivity contribution in [3.63, 3.8) is 0 Å². The van der Waals surface area contributed by atoms with Crippen LogP contribution >= 0.6 is 23.2 Å². The Kier molecular flexibility index (Phi) is 9.93. The molecule has 4 aromatic rings. The Hall–Kier alpha value is -2.64. The SMILES string of the molecule is Cc1ccc(S(=O)(=O)O)cc1.ClCCN(CCCl)c1ccc(C[n+]2ccc3ccccc3c2)cc1. The fraction of sp³-hybridized carbons (Fsp3) is 0.222. The molecule has 8 heteroatoms. The summed E-state index contributed by atoms with van der Waals surface area (Å²) in [7, 11) is -4.02. The van der Waals surface area contributed by atoms with Gasteiger partial charge in [0.15, 0.2) is 18.9 Å². The Morgan fingerprint density at radius 3 is 2.00 bits per heavy atom. The average Bonchev–Trinajstić information content (AvgIpc) is 2.84. The molecule has 1 N–H and O–H groups in total. The van der Waals surface area contributed by atoms with Gasteiger partial charge < -0.3 is 4.90 Å². The van der Waals surface area contributed by atoms with Gasteiger partial charge in [-0.05, 0) is 42.6 Å². The van der Waals surface area contributed by atoms with Crippen LogP contribution in [0.5, 0.6) is 0 Å². The van der Waals surface area contributed by atoms with Gasteiger partial charge in [0, 0.05) is 47.6 Å². The highest BCUT2D eigenvalue weighted by molar-refractivity contribution is 7.85.